The quantitative estimate of drug-likeness (QED) is 0.285. The summed E-state index contributed by atoms with van der Waals surface area (Å²) in [4.78, 5) is 21.3. The molecule has 1 saturated heterocycles. The van der Waals surface area contributed by atoms with E-state index in [0.717, 1.165) is 6.42 Å². The summed E-state index contributed by atoms with van der Waals surface area (Å²) in [5.41, 5.74) is 0. The van der Waals surface area contributed by atoms with E-state index >= 15 is 0 Å². The summed E-state index contributed by atoms with van der Waals surface area (Å²) in [6, 6.07) is 0. The van der Waals surface area contributed by atoms with Gasteiger partial charge in [0.15, 0.2) is 0 Å². The number of cyclic esters (lactones) is 2. The lowest BCUT2D eigenvalue weighted by molar-refractivity contribution is -0.147. The lowest BCUT2D eigenvalue weighted by atomic mass is 10.1. The molecule has 0 radical (unpaired) electrons. The molecule has 26 heavy (non-hydrogen) atoms. The zero-order chi connectivity index (χ0) is 19.6. The number of unbranched alkanes of at least 4 members (excludes halogenated alkanes) is 10. The van der Waals surface area contributed by atoms with Crippen molar-refractivity contribution in [2.24, 2.45) is 0 Å². The van der Waals surface area contributed by atoms with Crippen LogP contribution in [0.25, 0.3) is 0 Å². The summed E-state index contributed by atoms with van der Waals surface area (Å²) in [6.45, 7) is 8.25. The molecule has 0 saturated carbocycles. The van der Waals surface area contributed by atoms with Crippen molar-refractivity contribution in [1.29, 1.82) is 0 Å². The first-order valence-electron chi connectivity index (χ1n) is 10.5. The molecule has 0 aromatic carbocycles. The molecule has 1 rings (SSSR count). The van der Waals surface area contributed by atoms with E-state index in [9.17, 15) is 9.59 Å². The molecule has 1 aliphatic heterocycles. The zero-order valence-corrected chi connectivity index (χ0v) is 17.4. The van der Waals surface area contributed by atoms with Gasteiger partial charge in [0, 0.05) is 6.42 Å². The first kappa shape index (κ1) is 24.7. The summed E-state index contributed by atoms with van der Waals surface area (Å²) in [7, 11) is 0. The van der Waals surface area contributed by atoms with Gasteiger partial charge in [-0.1, -0.05) is 71.1 Å². The van der Waals surface area contributed by atoms with Gasteiger partial charge in [-0.15, -0.1) is 0 Å². The molecule has 1 fully saturated rings. The van der Waals surface area contributed by atoms with Gasteiger partial charge in [-0.25, -0.2) is 4.79 Å². The molecular formula is C21H40O5. The minimum Gasteiger partial charge on any atom is -0.463 e. The second kappa shape index (κ2) is 17.2. The molecule has 0 aromatic rings. The first-order chi connectivity index (χ1) is 12.5. The van der Waals surface area contributed by atoms with Crippen molar-refractivity contribution in [3.63, 3.8) is 0 Å². The van der Waals surface area contributed by atoms with Gasteiger partial charge < -0.3 is 14.2 Å². The van der Waals surface area contributed by atoms with Crippen LogP contribution in [0, 0.1) is 0 Å². The highest BCUT2D eigenvalue weighted by molar-refractivity contribution is 5.69. The van der Waals surface area contributed by atoms with Crippen LogP contribution < -0.4 is 0 Å². The second-order valence-corrected chi connectivity index (χ2v) is 7.31. The van der Waals surface area contributed by atoms with Gasteiger partial charge in [-0.3, -0.25) is 4.79 Å². The molecule has 1 heterocycles. The highest BCUT2D eigenvalue weighted by Crippen LogP contribution is 2.12. The fourth-order valence-electron chi connectivity index (χ4n) is 2.67. The molecule has 0 aromatic heterocycles. The highest BCUT2D eigenvalue weighted by Gasteiger charge is 2.19. The Balaban J connectivity index is 0.000000735. The number of carbonyl (C=O) groups excluding carboxylic acids is 2. The van der Waals surface area contributed by atoms with Crippen LogP contribution in [0.5, 0.6) is 0 Å². The van der Waals surface area contributed by atoms with Crippen LogP contribution in [-0.4, -0.2) is 30.9 Å². The standard InChI is InChI=1S/C17H34O2.C4H6O3/c1-4-5-6-7-8-9-10-11-12-13-14-15-17(18)19-16(2)3;1-3-2-6-4(5)7-3/h16H,4-15H2,1-3H3;3H,2H2,1H3. The molecule has 1 aliphatic rings. The Morgan fingerprint density at radius 1 is 1.00 bits per heavy atom. The van der Waals surface area contributed by atoms with Crippen LogP contribution in [0.3, 0.4) is 0 Å². The van der Waals surface area contributed by atoms with E-state index in [4.69, 9.17) is 4.74 Å². The van der Waals surface area contributed by atoms with E-state index in [1.54, 1.807) is 6.92 Å². The molecule has 0 aliphatic carbocycles. The predicted octanol–water partition coefficient (Wildman–Crippen LogP) is 6.18. The zero-order valence-electron chi connectivity index (χ0n) is 17.4. The average Bonchev–Trinajstić information content (AvgIpc) is 2.95. The maximum absolute atomic E-state index is 11.3. The molecule has 0 amide bonds. The summed E-state index contributed by atoms with van der Waals surface area (Å²) in [5, 5.41) is 0. The van der Waals surface area contributed by atoms with Crippen LogP contribution in [0.15, 0.2) is 0 Å². The fourth-order valence-corrected chi connectivity index (χ4v) is 2.67. The van der Waals surface area contributed by atoms with Crippen molar-refractivity contribution in [2.75, 3.05) is 6.61 Å². The SMILES string of the molecule is CC1COC(=O)O1.CCCCCCCCCCCCCC(=O)OC(C)C. The molecule has 1 atom stereocenters. The molecule has 5 heteroatoms. The van der Waals surface area contributed by atoms with E-state index in [1.165, 1.54) is 64.2 Å². The maximum Gasteiger partial charge on any atom is 0.508 e. The Morgan fingerprint density at radius 3 is 1.85 bits per heavy atom. The normalized spacial score (nSPS) is 15.9. The third kappa shape index (κ3) is 17.6. The first-order valence-corrected chi connectivity index (χ1v) is 10.5. The molecule has 0 bridgehead atoms. The molecule has 154 valence electrons. The van der Waals surface area contributed by atoms with Crippen molar-refractivity contribution < 1.29 is 23.8 Å². The maximum atomic E-state index is 11.3. The summed E-state index contributed by atoms with van der Waals surface area (Å²) >= 11 is 0. The lowest BCUT2D eigenvalue weighted by Crippen LogP contribution is -2.10. The lowest BCUT2D eigenvalue weighted by Gasteiger charge is -2.07. The predicted molar refractivity (Wildman–Crippen MR) is 104 cm³/mol. The van der Waals surface area contributed by atoms with E-state index in [1.807, 2.05) is 13.8 Å². The third-order valence-electron chi connectivity index (χ3n) is 4.08. The van der Waals surface area contributed by atoms with Gasteiger partial charge in [0.2, 0.25) is 0 Å². The molecule has 0 spiro atoms. The number of ether oxygens (including phenoxy) is 3. The molecular weight excluding hydrogens is 332 g/mol. The van der Waals surface area contributed by atoms with Crippen molar-refractivity contribution in [3.05, 3.63) is 0 Å². The van der Waals surface area contributed by atoms with E-state index in [-0.39, 0.29) is 18.2 Å². The van der Waals surface area contributed by atoms with E-state index < -0.39 is 6.16 Å². The van der Waals surface area contributed by atoms with Crippen LogP contribution in [0.4, 0.5) is 4.79 Å². The third-order valence-corrected chi connectivity index (χ3v) is 4.08. The summed E-state index contributed by atoms with van der Waals surface area (Å²) in [6.07, 6.45) is 14.5. The smallest absolute Gasteiger partial charge is 0.463 e. The van der Waals surface area contributed by atoms with Gasteiger partial charge in [0.25, 0.3) is 0 Å². The molecule has 0 N–H and O–H groups in total. The van der Waals surface area contributed by atoms with Crippen molar-refractivity contribution in [1.82, 2.24) is 0 Å². The van der Waals surface area contributed by atoms with Crippen molar-refractivity contribution in [2.45, 2.75) is 117 Å². The average molecular weight is 373 g/mol. The number of rotatable bonds is 13. The minimum absolute atomic E-state index is 0.0280. The van der Waals surface area contributed by atoms with Crippen molar-refractivity contribution >= 4 is 12.1 Å². The minimum atomic E-state index is -0.549. The number of esters is 1. The van der Waals surface area contributed by atoms with Gasteiger partial charge in [-0.05, 0) is 27.2 Å². The molecule has 1 unspecified atom stereocenters. The summed E-state index contributed by atoms with van der Waals surface area (Å²) in [5.74, 6) is -0.0362. The van der Waals surface area contributed by atoms with Gasteiger partial charge >= 0.3 is 12.1 Å². The van der Waals surface area contributed by atoms with Gasteiger partial charge in [0.1, 0.15) is 12.7 Å². The fraction of sp³-hybridized carbons (Fsp3) is 0.905. The van der Waals surface area contributed by atoms with E-state index in [2.05, 4.69) is 16.4 Å². The van der Waals surface area contributed by atoms with Crippen LogP contribution in [-0.2, 0) is 19.0 Å². The summed E-state index contributed by atoms with van der Waals surface area (Å²) < 4.78 is 14.0. The van der Waals surface area contributed by atoms with Crippen LogP contribution in [0.2, 0.25) is 0 Å². The highest BCUT2D eigenvalue weighted by atomic mass is 16.8. The topological polar surface area (TPSA) is 61.8 Å². The number of carbonyl (C=O) groups is 2. The van der Waals surface area contributed by atoms with Gasteiger partial charge in [-0.2, -0.15) is 0 Å². The van der Waals surface area contributed by atoms with Crippen LogP contribution in [0.1, 0.15) is 105 Å². The number of hydrogen-bond acceptors (Lipinski definition) is 5. The van der Waals surface area contributed by atoms with Crippen LogP contribution >= 0.6 is 0 Å². The molecule has 5 nitrogen and oxygen atoms in total. The Kier molecular flexibility index (Phi) is 16.3. The van der Waals surface area contributed by atoms with Gasteiger partial charge in [0.05, 0.1) is 6.10 Å². The van der Waals surface area contributed by atoms with E-state index in [0.29, 0.717) is 13.0 Å². The number of hydrogen-bond donors (Lipinski definition) is 0. The monoisotopic (exact) mass is 372 g/mol. The largest absolute Gasteiger partial charge is 0.508 e. The van der Waals surface area contributed by atoms with Crippen molar-refractivity contribution in [3.8, 4) is 0 Å². The second-order valence-electron chi connectivity index (χ2n) is 7.31. The Bertz CT molecular complexity index is 354. The Labute approximate surface area is 160 Å². The Hall–Kier alpha value is -1.26. The Morgan fingerprint density at radius 2 is 1.50 bits per heavy atom.